The van der Waals surface area contributed by atoms with Crippen molar-refractivity contribution in [3.05, 3.63) is 137 Å². The maximum Gasteiger partial charge on any atom is 0.246 e. The first-order valence-corrected chi connectivity index (χ1v) is 22.6. The highest BCUT2D eigenvalue weighted by Crippen LogP contribution is 2.29. The highest BCUT2D eigenvalue weighted by Gasteiger charge is 2.46. The van der Waals surface area contributed by atoms with Crippen molar-refractivity contribution >= 4 is 52.3 Å². The van der Waals surface area contributed by atoms with Crippen LogP contribution in [0, 0.1) is 0 Å². The van der Waals surface area contributed by atoms with Gasteiger partial charge in [0.1, 0.15) is 36.3 Å². The summed E-state index contributed by atoms with van der Waals surface area (Å²) in [6.45, 7) is 0.195. The second-order valence-electron chi connectivity index (χ2n) is 17.5. The zero-order valence-corrected chi connectivity index (χ0v) is 37.0. The van der Waals surface area contributed by atoms with E-state index in [1.165, 1.54) is 9.80 Å². The third-order valence-electron chi connectivity index (χ3n) is 12.7. The Balaban J connectivity index is 1.22. The molecule has 2 fully saturated rings. The molecule has 2 aromatic heterocycles. The van der Waals surface area contributed by atoms with E-state index in [9.17, 15) is 24.0 Å². The number of aromatic nitrogens is 2. The van der Waals surface area contributed by atoms with Crippen LogP contribution < -0.4 is 38.5 Å². The lowest BCUT2D eigenvalue weighted by Gasteiger charge is -2.40. The van der Waals surface area contributed by atoms with Crippen LogP contribution in [-0.4, -0.2) is 117 Å². The van der Waals surface area contributed by atoms with Crippen molar-refractivity contribution < 1.29 is 28.8 Å². The molecule has 0 bridgehead atoms. The third kappa shape index (κ3) is 10.9. The quantitative estimate of drug-likeness (QED) is 0.0546. The third-order valence-corrected chi connectivity index (χ3v) is 12.7. The second kappa shape index (κ2) is 20.7. The van der Waals surface area contributed by atoms with E-state index in [2.05, 4.69) is 36.2 Å². The average molecular weight is 909 g/mol. The number of nitrogens with one attached hydrogen (secondary N) is 5. The predicted octanol–water partition coefficient (Wildman–Crippen LogP) is 0.479. The Morgan fingerprint density at radius 3 is 2.00 bits per heavy atom. The van der Waals surface area contributed by atoms with E-state index < -0.39 is 77.7 Å². The van der Waals surface area contributed by atoms with Crippen molar-refractivity contribution in [1.82, 2.24) is 41.0 Å². The number of benzene rings is 3. The van der Waals surface area contributed by atoms with Crippen molar-refractivity contribution in [2.24, 2.45) is 22.2 Å². The van der Waals surface area contributed by atoms with E-state index >= 15 is 4.79 Å². The number of nitrogens with two attached hydrogens (primary N) is 3. The molecule has 0 aliphatic carbocycles. The number of carbonyl (C=O) groups excluding carboxylic acids is 6. The Labute approximate surface area is 387 Å². The lowest BCUT2D eigenvalue weighted by molar-refractivity contribution is -0.150. The molecule has 0 radical (unpaired) electrons. The maximum absolute atomic E-state index is 15.1. The molecule has 5 heterocycles. The van der Waals surface area contributed by atoms with E-state index in [0.29, 0.717) is 11.1 Å². The van der Waals surface area contributed by atoms with Gasteiger partial charge in [-0.2, -0.15) is 0 Å². The number of aliphatic imine (C=N–C) groups is 1. The van der Waals surface area contributed by atoms with Crippen molar-refractivity contribution in [3.63, 3.8) is 0 Å². The van der Waals surface area contributed by atoms with Gasteiger partial charge in [-0.25, -0.2) is 0 Å². The number of fused-ring (bicyclic) bond motifs is 4. The Morgan fingerprint density at radius 2 is 1.28 bits per heavy atom. The van der Waals surface area contributed by atoms with Crippen LogP contribution in [-0.2, 0) is 61.0 Å². The van der Waals surface area contributed by atoms with Gasteiger partial charge in [0.25, 0.3) is 0 Å². The van der Waals surface area contributed by atoms with Gasteiger partial charge in [-0.15, -0.1) is 0 Å². The molecule has 0 saturated carbocycles. The lowest BCUT2D eigenvalue weighted by atomic mass is 9.92. The highest BCUT2D eigenvalue weighted by atomic mass is 16.2. The number of aromatic amines is 1. The van der Waals surface area contributed by atoms with Gasteiger partial charge < -0.3 is 53.3 Å². The number of guanidine groups is 1. The summed E-state index contributed by atoms with van der Waals surface area (Å²) in [5, 5.41) is 12.5. The number of nitrogens with zero attached hydrogens (tertiary/aromatic N) is 4. The van der Waals surface area contributed by atoms with Crippen LogP contribution in [0.2, 0.25) is 0 Å². The van der Waals surface area contributed by atoms with Crippen molar-refractivity contribution in [1.29, 1.82) is 0 Å². The summed E-state index contributed by atoms with van der Waals surface area (Å²) in [6, 6.07) is 19.8. The molecular weight excluding hydrogens is 853 g/mol. The average Bonchev–Trinajstić information content (AvgIpc) is 3.94. The fraction of sp³-hybridized carbons (Fsp3) is 0.347. The van der Waals surface area contributed by atoms with E-state index in [0.717, 1.165) is 27.6 Å². The van der Waals surface area contributed by atoms with Gasteiger partial charge >= 0.3 is 0 Å². The van der Waals surface area contributed by atoms with Crippen LogP contribution in [0.3, 0.4) is 0 Å². The Bertz CT molecular complexity index is 2640. The molecule has 7 atom stereocenters. The Hall–Kier alpha value is -7.60. The Kier molecular flexibility index (Phi) is 14.2. The van der Waals surface area contributed by atoms with Gasteiger partial charge in [-0.05, 0) is 59.2 Å². The van der Waals surface area contributed by atoms with Crippen LogP contribution >= 0.6 is 0 Å². The summed E-state index contributed by atoms with van der Waals surface area (Å²) in [4.78, 5) is 104. The molecule has 5 aromatic rings. The van der Waals surface area contributed by atoms with E-state index in [-0.39, 0.29) is 70.5 Å². The fourth-order valence-electron chi connectivity index (χ4n) is 9.32. The molecule has 6 amide bonds. The number of hydrogen-bond acceptors (Lipinski definition) is 9. The minimum Gasteiger partial charge on any atom is -0.370 e. The molecule has 3 aliphatic rings. The second-order valence-corrected chi connectivity index (χ2v) is 17.5. The zero-order chi connectivity index (χ0) is 47.0. The van der Waals surface area contributed by atoms with Crippen molar-refractivity contribution in [2.45, 2.75) is 93.8 Å². The van der Waals surface area contributed by atoms with Crippen LogP contribution in [0.15, 0.2) is 115 Å². The molecule has 18 nitrogen and oxygen atoms in total. The molecule has 8 rings (SSSR count). The molecule has 11 N–H and O–H groups in total. The molecule has 348 valence electrons. The highest BCUT2D eigenvalue weighted by molar-refractivity contribution is 5.99. The summed E-state index contributed by atoms with van der Waals surface area (Å²) >= 11 is 0. The summed E-state index contributed by atoms with van der Waals surface area (Å²) in [5.41, 5.74) is 22.3. The number of H-pyrrole nitrogens is 1. The van der Waals surface area contributed by atoms with Gasteiger partial charge in [0.15, 0.2) is 5.96 Å². The summed E-state index contributed by atoms with van der Waals surface area (Å²) < 4.78 is 0. The molecule has 18 heteroatoms. The lowest BCUT2D eigenvalue weighted by Crippen LogP contribution is -2.63. The SMILES string of the molecule is NC(N)=NCCC[C@@H]1NC(=O)[C@H](Cc2c[nH]c3ccccc23)NC(=O)[C@@H](Cc2ccccc2)NC(=O)[C@H](Cc2cccnc2)NC(=O)[C@@H]2Cc3ccccc3CN2C(=O)[C@H]2C[C@@H](N)CN2C1=O. The topological polar surface area (TPSA) is 276 Å². The normalized spacial score (nSPS) is 24.0. The number of pyridine rings is 1. The number of para-hydroxylation sites is 1. The molecule has 3 aromatic carbocycles. The summed E-state index contributed by atoms with van der Waals surface area (Å²) in [7, 11) is 0. The van der Waals surface area contributed by atoms with E-state index in [4.69, 9.17) is 17.2 Å². The molecule has 0 unspecified atom stereocenters. The molecule has 0 spiro atoms. The zero-order valence-electron chi connectivity index (χ0n) is 37.0. The number of rotatable bonds is 10. The monoisotopic (exact) mass is 908 g/mol. The van der Waals surface area contributed by atoms with E-state index in [1.54, 1.807) is 30.7 Å². The summed E-state index contributed by atoms with van der Waals surface area (Å²) in [5.74, 6) is -3.81. The van der Waals surface area contributed by atoms with Crippen LogP contribution in [0.4, 0.5) is 0 Å². The van der Waals surface area contributed by atoms with Gasteiger partial charge in [-0.3, -0.25) is 38.7 Å². The van der Waals surface area contributed by atoms with E-state index in [1.807, 2.05) is 78.9 Å². The molecule has 3 aliphatic heterocycles. The van der Waals surface area contributed by atoms with Crippen LogP contribution in [0.25, 0.3) is 10.9 Å². The number of hydrogen-bond donors (Lipinski definition) is 8. The first-order chi connectivity index (χ1) is 32.4. The van der Waals surface area contributed by atoms with Crippen LogP contribution in [0.5, 0.6) is 0 Å². The Morgan fingerprint density at radius 1 is 0.657 bits per heavy atom. The molecule has 67 heavy (non-hydrogen) atoms. The maximum atomic E-state index is 15.1. The fourth-order valence-corrected chi connectivity index (χ4v) is 9.32. The van der Waals surface area contributed by atoms with Crippen LogP contribution in [0.1, 0.15) is 47.1 Å². The molecular formula is C49H56N12O6. The summed E-state index contributed by atoms with van der Waals surface area (Å²) in [6.07, 6.45) is 5.51. The number of carbonyl (C=O) groups is 6. The van der Waals surface area contributed by atoms with Gasteiger partial charge in [0, 0.05) is 80.9 Å². The minimum absolute atomic E-state index is 0.000821. The van der Waals surface area contributed by atoms with Crippen molar-refractivity contribution in [2.75, 3.05) is 13.1 Å². The van der Waals surface area contributed by atoms with Gasteiger partial charge in [-0.1, -0.05) is 78.9 Å². The largest absolute Gasteiger partial charge is 0.370 e. The van der Waals surface area contributed by atoms with Crippen molar-refractivity contribution in [3.8, 4) is 0 Å². The minimum atomic E-state index is -1.27. The first-order valence-electron chi connectivity index (χ1n) is 22.6. The van der Waals surface area contributed by atoms with Gasteiger partial charge in [0.05, 0.1) is 0 Å². The standard InChI is InChI=1S/C49H56N12O6/c50-34-24-42-48(67)60-27-32-14-5-4-13-31(32)23-41(60)46(65)59-39(21-30-12-8-18-53-25-30)44(63)57-38(20-29-10-2-1-3-11-29)43(62)58-40(22-33-26-55-36-16-7-6-15-35(33)36)45(64)56-37(47(66)61(42)28-34)17-9-19-54-49(51)52/h1-8,10-16,18,25-26,34,37-42,55H,9,17,19-24,27-28,50H2,(H,56,64)(H,57,63)(H,58,62)(H,59,65)(H4,51,52,54)/t34-,37+,38-,39+,40+,41+,42-/m1/s1. The van der Waals surface area contributed by atoms with Gasteiger partial charge in [0.2, 0.25) is 35.4 Å². The molecule has 2 saturated heterocycles. The number of amides is 6. The first kappa shape index (κ1) is 45.9. The predicted molar refractivity (Wildman–Crippen MR) is 250 cm³/mol. The smallest absolute Gasteiger partial charge is 0.246 e.